The van der Waals surface area contributed by atoms with Crippen molar-refractivity contribution in [3.63, 3.8) is 0 Å². The number of Topliss-reactive ketones (excluding diaryl/α,β-unsaturated/α-hetero) is 1. The number of hydrogen-bond acceptors (Lipinski definition) is 10. The minimum Gasteiger partial charge on any atom is -0.511 e. The second-order valence-corrected chi connectivity index (χ2v) is 17.9. The van der Waals surface area contributed by atoms with Crippen LogP contribution in [0.25, 0.3) is 0 Å². The molecule has 330 valence electrons. The first-order valence-corrected chi connectivity index (χ1v) is 21.7. The van der Waals surface area contributed by atoms with E-state index in [1.807, 2.05) is 45.6 Å². The van der Waals surface area contributed by atoms with Gasteiger partial charge in [-0.2, -0.15) is 0 Å². The number of nitrogens with zero attached hydrogens (tertiary/aromatic N) is 1. The molecule has 3 fully saturated rings. The highest BCUT2D eigenvalue weighted by molar-refractivity contribution is 6.25. The number of amides is 1. The van der Waals surface area contributed by atoms with Gasteiger partial charge in [-0.1, -0.05) is 81.4 Å². The van der Waals surface area contributed by atoms with Gasteiger partial charge in [-0.15, -0.1) is 0 Å². The normalized spacial score (nSPS) is 31.2. The average molecular weight is 825 g/mol. The molecular weight excluding hydrogens is 753 g/mol. The number of carbonyl (C=O) groups is 2. The molecule has 0 aromatic rings. The van der Waals surface area contributed by atoms with E-state index in [1.54, 1.807) is 36.5 Å². The molecule has 0 radical (unpaired) electrons. The van der Waals surface area contributed by atoms with Crippen molar-refractivity contribution in [2.45, 2.75) is 148 Å². The summed E-state index contributed by atoms with van der Waals surface area (Å²) in [4.78, 5) is 27.3. The van der Waals surface area contributed by atoms with E-state index in [4.69, 9.17) is 11.1 Å². The third kappa shape index (κ3) is 12.3. The number of nitrogens with one attached hydrogen (secondary N) is 2. The molecule has 2 aliphatic carbocycles. The van der Waals surface area contributed by atoms with Gasteiger partial charge < -0.3 is 51.7 Å². The lowest BCUT2D eigenvalue weighted by Gasteiger charge is -2.53. The highest BCUT2D eigenvalue weighted by Gasteiger charge is 2.55. The molecule has 1 amide bonds. The molecule has 4 aliphatic rings. The first kappa shape index (κ1) is 48.1. The van der Waals surface area contributed by atoms with Gasteiger partial charge in [-0.25, -0.2) is 0 Å². The smallest absolute Gasteiger partial charge is 0.258 e. The highest BCUT2D eigenvalue weighted by atomic mass is 16.3. The summed E-state index contributed by atoms with van der Waals surface area (Å²) in [5, 5.41) is 86.3. The minimum atomic E-state index is -0.953. The summed E-state index contributed by atoms with van der Waals surface area (Å²) in [6.45, 7) is 10.1. The van der Waals surface area contributed by atoms with Gasteiger partial charge in [0.05, 0.1) is 43.2 Å². The number of guanidine groups is 1. The van der Waals surface area contributed by atoms with E-state index in [0.717, 1.165) is 37.8 Å². The van der Waals surface area contributed by atoms with Gasteiger partial charge in [0.2, 0.25) is 0 Å². The first-order valence-electron chi connectivity index (χ1n) is 21.7. The second-order valence-electron chi connectivity index (χ2n) is 17.9. The minimum absolute atomic E-state index is 0.0315. The summed E-state index contributed by atoms with van der Waals surface area (Å²) in [6, 6.07) is 0.0588. The van der Waals surface area contributed by atoms with E-state index in [9.17, 15) is 45.3 Å². The summed E-state index contributed by atoms with van der Waals surface area (Å²) >= 11 is 0. The van der Waals surface area contributed by atoms with Gasteiger partial charge in [0.1, 0.15) is 11.3 Å². The highest BCUT2D eigenvalue weighted by Crippen LogP contribution is 2.58. The summed E-state index contributed by atoms with van der Waals surface area (Å²) in [5.41, 5.74) is 6.20. The summed E-state index contributed by atoms with van der Waals surface area (Å²) in [7, 11) is 0. The van der Waals surface area contributed by atoms with Crippen molar-refractivity contribution in [3.8, 4) is 0 Å². The molecule has 0 aromatic heterocycles. The van der Waals surface area contributed by atoms with Crippen molar-refractivity contribution in [2.75, 3.05) is 13.1 Å². The predicted octanol–water partition coefficient (Wildman–Crippen LogP) is 4.25. The molecule has 2 heterocycles. The van der Waals surface area contributed by atoms with Crippen LogP contribution >= 0.6 is 0 Å². The van der Waals surface area contributed by atoms with E-state index in [0.29, 0.717) is 37.7 Å². The van der Waals surface area contributed by atoms with Crippen molar-refractivity contribution in [3.05, 3.63) is 71.1 Å². The van der Waals surface area contributed by atoms with Gasteiger partial charge in [-0.3, -0.25) is 15.0 Å². The molecular formula is C46H72N4O9. The molecule has 13 heteroatoms. The molecule has 59 heavy (non-hydrogen) atoms. The SMILES string of the molecule is CC1=CC2C(O)CCCC2C(C)(C(O)=C2C(=O)CNC2=O)C1CCC(C)C(O)/C(C)=C/CC(O)/C=C/C(C)C(O)/C=C/CC(O)/C=C/CC(O)CC1CCCN1C(=N)N. The lowest BCUT2D eigenvalue weighted by atomic mass is 9.52. The molecule has 0 aromatic carbocycles. The average Bonchev–Trinajstić information content (AvgIpc) is 3.80. The van der Waals surface area contributed by atoms with Crippen LogP contribution in [0.4, 0.5) is 0 Å². The Morgan fingerprint density at radius 1 is 1.00 bits per heavy atom. The van der Waals surface area contributed by atoms with E-state index < -0.39 is 53.7 Å². The molecule has 11 N–H and O–H groups in total. The van der Waals surface area contributed by atoms with Crippen molar-refractivity contribution in [1.82, 2.24) is 10.2 Å². The molecule has 2 aliphatic heterocycles. The zero-order chi connectivity index (χ0) is 43.6. The number of fused-ring (bicyclic) bond motifs is 1. The monoisotopic (exact) mass is 825 g/mol. The Kier molecular flexibility index (Phi) is 17.8. The number of rotatable bonds is 19. The summed E-state index contributed by atoms with van der Waals surface area (Å²) < 4.78 is 0. The Hall–Kier alpha value is -3.59. The molecule has 13 unspecified atom stereocenters. The largest absolute Gasteiger partial charge is 0.511 e. The van der Waals surface area contributed by atoms with Crippen molar-refractivity contribution in [1.29, 1.82) is 5.41 Å². The maximum atomic E-state index is 12.8. The van der Waals surface area contributed by atoms with Crippen LogP contribution in [0.15, 0.2) is 71.1 Å². The molecule has 0 bridgehead atoms. The Balaban J connectivity index is 1.25. The maximum absolute atomic E-state index is 12.8. The Bertz CT molecular complexity index is 1640. The Morgan fingerprint density at radius 2 is 1.69 bits per heavy atom. The van der Waals surface area contributed by atoms with E-state index in [1.165, 1.54) is 0 Å². The van der Waals surface area contributed by atoms with E-state index >= 15 is 0 Å². The predicted molar refractivity (Wildman–Crippen MR) is 229 cm³/mol. The van der Waals surface area contributed by atoms with Crippen LogP contribution in [0, 0.1) is 40.4 Å². The van der Waals surface area contributed by atoms with Crippen LogP contribution in [0.2, 0.25) is 0 Å². The van der Waals surface area contributed by atoms with Crippen LogP contribution in [-0.2, 0) is 9.59 Å². The van der Waals surface area contributed by atoms with Gasteiger partial charge in [0.25, 0.3) is 5.91 Å². The van der Waals surface area contributed by atoms with Crippen LogP contribution < -0.4 is 11.1 Å². The molecule has 2 saturated heterocycles. The quantitative estimate of drug-likeness (QED) is 0.0221. The van der Waals surface area contributed by atoms with Gasteiger partial charge in [-0.05, 0) is 101 Å². The van der Waals surface area contributed by atoms with E-state index in [2.05, 4.69) is 11.4 Å². The third-order valence-electron chi connectivity index (χ3n) is 13.6. The van der Waals surface area contributed by atoms with E-state index in [-0.39, 0.29) is 72.3 Å². The number of nitrogens with two attached hydrogens (primary N) is 1. The molecule has 4 rings (SSSR count). The zero-order valence-electron chi connectivity index (χ0n) is 35.7. The van der Waals surface area contributed by atoms with Crippen LogP contribution in [0.5, 0.6) is 0 Å². The fourth-order valence-electron chi connectivity index (χ4n) is 9.89. The lowest BCUT2D eigenvalue weighted by molar-refractivity contribution is -0.118. The first-order chi connectivity index (χ1) is 27.9. The van der Waals surface area contributed by atoms with Crippen LogP contribution in [0.3, 0.4) is 0 Å². The number of aliphatic hydroxyl groups excluding tert-OH is 7. The second kappa shape index (κ2) is 21.8. The third-order valence-corrected chi connectivity index (χ3v) is 13.6. The number of allylic oxidation sites excluding steroid dienone is 2. The molecule has 13 nitrogen and oxygen atoms in total. The number of ketones is 1. The van der Waals surface area contributed by atoms with Gasteiger partial charge >= 0.3 is 0 Å². The number of likely N-dealkylation sites (tertiary alicyclic amines) is 1. The summed E-state index contributed by atoms with van der Waals surface area (Å²) in [5.74, 6) is -2.23. The van der Waals surface area contributed by atoms with Crippen LogP contribution in [0.1, 0.15) is 105 Å². The lowest BCUT2D eigenvalue weighted by Crippen LogP contribution is -2.50. The number of aliphatic hydroxyl groups is 7. The fraction of sp³-hybridized carbons (Fsp3) is 0.674. The summed E-state index contributed by atoms with van der Waals surface area (Å²) in [6.07, 6.45) is 16.2. The van der Waals surface area contributed by atoms with Crippen molar-refractivity contribution < 1.29 is 45.3 Å². The number of carbonyl (C=O) groups excluding carboxylic acids is 2. The van der Waals surface area contributed by atoms with Gasteiger partial charge in [0, 0.05) is 29.8 Å². The maximum Gasteiger partial charge on any atom is 0.258 e. The van der Waals surface area contributed by atoms with Crippen molar-refractivity contribution >= 4 is 17.6 Å². The molecule has 1 saturated carbocycles. The molecule has 13 atom stereocenters. The number of hydrogen-bond donors (Lipinski definition) is 10. The van der Waals surface area contributed by atoms with Gasteiger partial charge in [0.15, 0.2) is 11.7 Å². The Morgan fingerprint density at radius 3 is 2.37 bits per heavy atom. The van der Waals surface area contributed by atoms with Crippen LogP contribution in [-0.4, -0.2) is 114 Å². The standard InChI is InChI=1S/C46H72N4O9/c1-27(38(54)15-7-12-32(51)11-6-13-34(53)25-31-10-9-23-50(31)45(47)48)17-20-33(52)21-18-28(2)42(57)29(3)19-22-36-30(4)24-35-37(14-8-16-39(35)55)46(36,5)43(58)41-40(56)26-49-44(41)59/h6-7,11,15,17-18,20,24,27,29,31-39,42,51-55,57-58H,8-10,12-14,16,19,21-23,25-26H2,1-5H3,(H3,47,48)(H,49,59)/b11-6+,15-7+,20-17+,28-18+,43-41?. The molecule has 0 spiro atoms. The fourth-order valence-corrected chi connectivity index (χ4v) is 9.89. The van der Waals surface area contributed by atoms with Crippen molar-refractivity contribution in [2.24, 2.45) is 40.7 Å². The topological polar surface area (TPSA) is 241 Å². The Labute approximate surface area is 350 Å². The zero-order valence-corrected chi connectivity index (χ0v) is 35.7.